The molecule has 0 spiro atoms. The van der Waals surface area contributed by atoms with Crippen molar-refractivity contribution in [3.05, 3.63) is 18.0 Å². The zero-order chi connectivity index (χ0) is 14.9. The van der Waals surface area contributed by atoms with E-state index in [1.54, 1.807) is 12.4 Å². The van der Waals surface area contributed by atoms with Crippen LogP contribution in [0.2, 0.25) is 0 Å². The van der Waals surface area contributed by atoms with Crippen LogP contribution in [0.1, 0.15) is 62.2 Å². The standard InChI is InChI=1S/C16H26N4O/c1-2-3-6-9-17-15(21)14-12-18-16(19-13-14)20-10-7-4-5-8-11-20/h12-13H,2-11H2,1H3,(H,17,21). The molecule has 1 saturated heterocycles. The van der Waals surface area contributed by atoms with E-state index in [-0.39, 0.29) is 5.91 Å². The lowest BCUT2D eigenvalue weighted by atomic mass is 10.2. The molecule has 1 aliphatic heterocycles. The van der Waals surface area contributed by atoms with Gasteiger partial charge >= 0.3 is 0 Å². The van der Waals surface area contributed by atoms with Gasteiger partial charge in [0.1, 0.15) is 0 Å². The van der Waals surface area contributed by atoms with Gasteiger partial charge in [0.2, 0.25) is 5.95 Å². The molecule has 2 heterocycles. The van der Waals surface area contributed by atoms with Crippen molar-refractivity contribution in [2.24, 2.45) is 0 Å². The van der Waals surface area contributed by atoms with Crippen LogP contribution in [0.5, 0.6) is 0 Å². The summed E-state index contributed by atoms with van der Waals surface area (Å²) >= 11 is 0. The van der Waals surface area contributed by atoms with Gasteiger partial charge in [-0.05, 0) is 19.3 Å². The molecule has 1 fully saturated rings. The molecule has 1 aromatic heterocycles. The number of nitrogens with one attached hydrogen (secondary N) is 1. The first-order valence-electron chi connectivity index (χ1n) is 8.16. The fraction of sp³-hybridized carbons (Fsp3) is 0.688. The fourth-order valence-electron chi connectivity index (χ4n) is 2.55. The van der Waals surface area contributed by atoms with Gasteiger partial charge in [0, 0.05) is 32.0 Å². The maximum atomic E-state index is 11.9. The number of carbonyl (C=O) groups is 1. The number of anilines is 1. The second kappa shape index (κ2) is 8.60. The van der Waals surface area contributed by atoms with E-state index in [1.165, 1.54) is 25.7 Å². The van der Waals surface area contributed by atoms with Gasteiger partial charge in [-0.2, -0.15) is 0 Å². The normalized spacial score (nSPS) is 15.6. The number of hydrogen-bond acceptors (Lipinski definition) is 4. The minimum Gasteiger partial charge on any atom is -0.352 e. The van der Waals surface area contributed by atoms with Crippen molar-refractivity contribution >= 4 is 11.9 Å². The van der Waals surface area contributed by atoms with E-state index < -0.39 is 0 Å². The summed E-state index contributed by atoms with van der Waals surface area (Å²) in [6.45, 7) is 4.91. The van der Waals surface area contributed by atoms with Crippen LogP contribution in [0.4, 0.5) is 5.95 Å². The van der Waals surface area contributed by atoms with Gasteiger partial charge in [-0.25, -0.2) is 9.97 Å². The second-order valence-electron chi connectivity index (χ2n) is 5.64. The fourth-order valence-corrected chi connectivity index (χ4v) is 2.55. The number of unbranched alkanes of at least 4 members (excludes halogenated alkanes) is 2. The third-order valence-electron chi connectivity index (χ3n) is 3.86. The molecule has 1 aromatic rings. The van der Waals surface area contributed by atoms with E-state index in [4.69, 9.17) is 0 Å². The van der Waals surface area contributed by atoms with Crippen LogP contribution < -0.4 is 10.2 Å². The summed E-state index contributed by atoms with van der Waals surface area (Å²) in [6, 6.07) is 0. The third kappa shape index (κ3) is 4.99. The number of rotatable bonds is 6. The molecule has 0 bridgehead atoms. The molecule has 5 heteroatoms. The van der Waals surface area contributed by atoms with E-state index in [9.17, 15) is 4.79 Å². The van der Waals surface area contributed by atoms with Crippen LogP contribution in [0.15, 0.2) is 12.4 Å². The van der Waals surface area contributed by atoms with E-state index in [0.29, 0.717) is 5.56 Å². The summed E-state index contributed by atoms with van der Waals surface area (Å²) < 4.78 is 0. The van der Waals surface area contributed by atoms with Gasteiger partial charge in [0.15, 0.2) is 0 Å². The summed E-state index contributed by atoms with van der Waals surface area (Å²) in [6.07, 6.45) is 11.6. The summed E-state index contributed by atoms with van der Waals surface area (Å²) in [4.78, 5) is 22.9. The zero-order valence-corrected chi connectivity index (χ0v) is 13.0. The quantitative estimate of drug-likeness (QED) is 0.818. The van der Waals surface area contributed by atoms with Crippen LogP contribution in [0.25, 0.3) is 0 Å². The van der Waals surface area contributed by atoms with Gasteiger partial charge in [0.25, 0.3) is 5.91 Å². The van der Waals surface area contributed by atoms with Gasteiger partial charge in [-0.1, -0.05) is 32.6 Å². The predicted octanol–water partition coefficient (Wildman–Crippen LogP) is 2.78. The Labute approximate surface area is 127 Å². The van der Waals surface area contributed by atoms with Crippen LogP contribution in [-0.2, 0) is 0 Å². The lowest BCUT2D eigenvalue weighted by Crippen LogP contribution is -2.27. The molecule has 0 atom stereocenters. The number of hydrogen-bond donors (Lipinski definition) is 1. The van der Waals surface area contributed by atoms with E-state index >= 15 is 0 Å². The molecule has 1 N–H and O–H groups in total. The smallest absolute Gasteiger partial charge is 0.254 e. The Kier molecular flexibility index (Phi) is 6.44. The van der Waals surface area contributed by atoms with Gasteiger partial charge in [0.05, 0.1) is 5.56 Å². The van der Waals surface area contributed by atoms with Crippen molar-refractivity contribution in [3.8, 4) is 0 Å². The molecule has 2 rings (SSSR count). The Morgan fingerprint density at radius 1 is 1.14 bits per heavy atom. The molecule has 0 aliphatic carbocycles. The molecule has 0 aromatic carbocycles. The largest absolute Gasteiger partial charge is 0.352 e. The Hall–Kier alpha value is -1.65. The van der Waals surface area contributed by atoms with Crippen molar-refractivity contribution in [2.75, 3.05) is 24.5 Å². The van der Waals surface area contributed by atoms with Crippen LogP contribution in [-0.4, -0.2) is 35.5 Å². The molecule has 0 radical (unpaired) electrons. The molecule has 21 heavy (non-hydrogen) atoms. The maximum absolute atomic E-state index is 11.9. The lowest BCUT2D eigenvalue weighted by molar-refractivity contribution is 0.0952. The average Bonchev–Trinajstić information content (AvgIpc) is 2.81. The Morgan fingerprint density at radius 3 is 2.43 bits per heavy atom. The number of amides is 1. The molecular formula is C16H26N4O. The Bertz CT molecular complexity index is 424. The molecule has 0 unspecified atom stereocenters. The van der Waals surface area contributed by atoms with Gasteiger partial charge in [-0.15, -0.1) is 0 Å². The topological polar surface area (TPSA) is 58.1 Å². The Balaban J connectivity index is 1.87. The molecule has 1 aliphatic rings. The average molecular weight is 290 g/mol. The molecule has 5 nitrogen and oxygen atoms in total. The Morgan fingerprint density at radius 2 is 1.81 bits per heavy atom. The highest BCUT2D eigenvalue weighted by Gasteiger charge is 2.13. The van der Waals surface area contributed by atoms with Crippen molar-refractivity contribution in [3.63, 3.8) is 0 Å². The molecule has 1 amide bonds. The molecular weight excluding hydrogens is 264 g/mol. The van der Waals surface area contributed by atoms with Crippen molar-refractivity contribution in [1.29, 1.82) is 0 Å². The van der Waals surface area contributed by atoms with E-state index in [2.05, 4.69) is 27.1 Å². The van der Waals surface area contributed by atoms with Gasteiger partial charge < -0.3 is 10.2 Å². The second-order valence-corrected chi connectivity index (χ2v) is 5.64. The predicted molar refractivity (Wildman–Crippen MR) is 84.6 cm³/mol. The van der Waals surface area contributed by atoms with E-state index in [0.717, 1.165) is 44.8 Å². The van der Waals surface area contributed by atoms with Crippen LogP contribution in [0.3, 0.4) is 0 Å². The first-order valence-corrected chi connectivity index (χ1v) is 8.16. The number of carbonyl (C=O) groups excluding carboxylic acids is 1. The monoisotopic (exact) mass is 290 g/mol. The summed E-state index contributed by atoms with van der Waals surface area (Å²) in [5.74, 6) is 0.674. The minimum atomic E-state index is -0.0754. The van der Waals surface area contributed by atoms with Gasteiger partial charge in [-0.3, -0.25) is 4.79 Å². The van der Waals surface area contributed by atoms with Crippen molar-refractivity contribution < 1.29 is 4.79 Å². The number of nitrogens with zero attached hydrogens (tertiary/aromatic N) is 3. The highest BCUT2D eigenvalue weighted by atomic mass is 16.1. The first-order chi connectivity index (χ1) is 10.3. The highest BCUT2D eigenvalue weighted by Crippen LogP contribution is 2.15. The SMILES string of the molecule is CCCCCNC(=O)c1cnc(N2CCCCCC2)nc1. The maximum Gasteiger partial charge on any atom is 0.254 e. The third-order valence-corrected chi connectivity index (χ3v) is 3.86. The molecule has 0 saturated carbocycles. The zero-order valence-electron chi connectivity index (χ0n) is 13.0. The van der Waals surface area contributed by atoms with Crippen LogP contribution >= 0.6 is 0 Å². The van der Waals surface area contributed by atoms with Crippen LogP contribution in [0, 0.1) is 0 Å². The summed E-state index contributed by atoms with van der Waals surface area (Å²) in [7, 11) is 0. The van der Waals surface area contributed by atoms with E-state index in [1.807, 2.05) is 0 Å². The van der Waals surface area contributed by atoms with Crippen molar-refractivity contribution in [2.45, 2.75) is 51.9 Å². The minimum absolute atomic E-state index is 0.0754. The van der Waals surface area contributed by atoms with Crippen molar-refractivity contribution in [1.82, 2.24) is 15.3 Å². The summed E-state index contributed by atoms with van der Waals surface area (Å²) in [5, 5.41) is 2.91. The summed E-state index contributed by atoms with van der Waals surface area (Å²) in [5.41, 5.74) is 0.546. The lowest BCUT2D eigenvalue weighted by Gasteiger charge is -2.19. The first kappa shape index (κ1) is 15.7. The molecule has 116 valence electrons. The number of aromatic nitrogens is 2. The highest BCUT2D eigenvalue weighted by molar-refractivity contribution is 5.93.